The van der Waals surface area contributed by atoms with Gasteiger partial charge in [-0.3, -0.25) is 9.20 Å². The second-order valence-corrected chi connectivity index (χ2v) is 9.43. The minimum atomic E-state index is -0.822. The summed E-state index contributed by atoms with van der Waals surface area (Å²) >= 11 is 0. The number of nitrogens with zero attached hydrogens (tertiary/aromatic N) is 2. The van der Waals surface area contributed by atoms with Gasteiger partial charge in [-0.05, 0) is 33.6 Å². The molecule has 0 saturated carbocycles. The fourth-order valence-corrected chi connectivity index (χ4v) is 3.88. The quantitative estimate of drug-likeness (QED) is 0.628. The lowest BCUT2D eigenvalue weighted by molar-refractivity contribution is 0.156. The van der Waals surface area contributed by atoms with Crippen LogP contribution in [0.5, 0.6) is 0 Å². The Hall–Kier alpha value is -0.620. The second kappa shape index (κ2) is 6.65. The van der Waals surface area contributed by atoms with Gasteiger partial charge in [-0.1, -0.05) is 0 Å². The van der Waals surface area contributed by atoms with E-state index < -0.39 is 10.8 Å². The van der Waals surface area contributed by atoms with E-state index in [2.05, 4.69) is 15.2 Å². The Kier molecular flexibility index (Phi) is 5.30. The second-order valence-electron chi connectivity index (χ2n) is 7.11. The van der Waals surface area contributed by atoms with Crippen LogP contribution in [-0.4, -0.2) is 65.5 Å². The normalized spacial score (nSPS) is 28.4. The molecule has 0 aliphatic carbocycles. The minimum Gasteiger partial charge on any atom is -0.381 e. The molecule has 0 aromatic carbocycles. The SMILES string of the molecule is CN=C(NCCS(=O)C(C)(C)C)N1CCC2(CCOC2)C1. The smallest absolute Gasteiger partial charge is 0.193 e. The Bertz CT molecular complexity index is 412. The van der Waals surface area contributed by atoms with Crippen molar-refractivity contribution in [3.63, 3.8) is 0 Å². The number of hydrogen-bond donors (Lipinski definition) is 1. The lowest BCUT2D eigenvalue weighted by atomic mass is 9.87. The number of likely N-dealkylation sites (tertiary alicyclic amines) is 1. The number of ether oxygens (including phenoxy) is 1. The summed E-state index contributed by atoms with van der Waals surface area (Å²) in [6.45, 7) is 10.6. The molecule has 1 spiro atoms. The molecule has 2 saturated heterocycles. The molecule has 2 aliphatic heterocycles. The van der Waals surface area contributed by atoms with E-state index in [0.717, 1.165) is 38.7 Å². The maximum absolute atomic E-state index is 12.1. The van der Waals surface area contributed by atoms with Gasteiger partial charge in [0.25, 0.3) is 0 Å². The van der Waals surface area contributed by atoms with E-state index in [9.17, 15) is 4.21 Å². The maximum atomic E-state index is 12.1. The van der Waals surface area contributed by atoms with Gasteiger partial charge in [-0.15, -0.1) is 0 Å². The van der Waals surface area contributed by atoms with E-state index in [0.29, 0.717) is 17.7 Å². The number of aliphatic imine (C=N–C) groups is 1. The molecule has 2 unspecified atom stereocenters. The van der Waals surface area contributed by atoms with Crippen molar-refractivity contribution >= 4 is 16.8 Å². The van der Waals surface area contributed by atoms with Gasteiger partial charge in [0.1, 0.15) is 0 Å². The van der Waals surface area contributed by atoms with Crippen LogP contribution in [0.15, 0.2) is 4.99 Å². The van der Waals surface area contributed by atoms with Crippen LogP contribution in [0.4, 0.5) is 0 Å². The molecule has 6 heteroatoms. The summed E-state index contributed by atoms with van der Waals surface area (Å²) in [5.74, 6) is 1.59. The first-order valence-corrected chi connectivity index (χ1v) is 9.10. The molecule has 0 amide bonds. The molecule has 0 aromatic rings. The van der Waals surface area contributed by atoms with Gasteiger partial charge in [0, 0.05) is 60.0 Å². The van der Waals surface area contributed by atoms with Crippen LogP contribution < -0.4 is 5.32 Å². The van der Waals surface area contributed by atoms with Crippen LogP contribution in [0, 0.1) is 5.41 Å². The standard InChI is InChI=1S/C15H29N3O2S/c1-14(2,3)21(19)10-7-17-13(16-4)18-8-5-15(11-18)6-9-20-12-15/h5-12H2,1-4H3,(H,16,17). The Balaban J connectivity index is 1.81. The molecular formula is C15H29N3O2S. The molecule has 0 aromatic heterocycles. The Labute approximate surface area is 131 Å². The summed E-state index contributed by atoms with van der Waals surface area (Å²) < 4.78 is 17.5. The van der Waals surface area contributed by atoms with Crippen molar-refractivity contribution in [2.75, 3.05) is 45.6 Å². The van der Waals surface area contributed by atoms with Gasteiger partial charge >= 0.3 is 0 Å². The first-order chi connectivity index (χ1) is 9.86. The minimum absolute atomic E-state index is 0.149. The lowest BCUT2D eigenvalue weighted by Gasteiger charge is -2.25. The zero-order valence-electron chi connectivity index (χ0n) is 13.8. The van der Waals surface area contributed by atoms with Crippen molar-refractivity contribution in [1.82, 2.24) is 10.2 Å². The van der Waals surface area contributed by atoms with Gasteiger partial charge < -0.3 is 15.0 Å². The average Bonchev–Trinajstić information content (AvgIpc) is 3.04. The van der Waals surface area contributed by atoms with Gasteiger partial charge in [0.05, 0.1) is 6.61 Å². The van der Waals surface area contributed by atoms with E-state index in [1.165, 1.54) is 6.42 Å². The van der Waals surface area contributed by atoms with E-state index in [1.54, 1.807) is 0 Å². The van der Waals surface area contributed by atoms with Gasteiger partial charge in [-0.25, -0.2) is 0 Å². The topological polar surface area (TPSA) is 53.9 Å². The number of hydrogen-bond acceptors (Lipinski definition) is 3. The fraction of sp³-hybridized carbons (Fsp3) is 0.933. The predicted octanol–water partition coefficient (Wildman–Crippen LogP) is 1.22. The highest BCUT2D eigenvalue weighted by molar-refractivity contribution is 7.86. The third kappa shape index (κ3) is 4.19. The summed E-state index contributed by atoms with van der Waals surface area (Å²) in [5.41, 5.74) is 0.339. The predicted molar refractivity (Wildman–Crippen MR) is 88.2 cm³/mol. The van der Waals surface area contributed by atoms with Crippen LogP contribution in [0.3, 0.4) is 0 Å². The molecule has 2 rings (SSSR count). The number of guanidine groups is 1. The monoisotopic (exact) mass is 315 g/mol. The van der Waals surface area contributed by atoms with Crippen molar-refractivity contribution in [3.8, 4) is 0 Å². The summed E-state index contributed by atoms with van der Waals surface area (Å²) in [6.07, 6.45) is 2.34. The van der Waals surface area contributed by atoms with Crippen LogP contribution >= 0.6 is 0 Å². The third-order valence-electron chi connectivity index (χ3n) is 4.39. The van der Waals surface area contributed by atoms with Gasteiger partial charge in [0.15, 0.2) is 5.96 Å². The molecule has 21 heavy (non-hydrogen) atoms. The van der Waals surface area contributed by atoms with Crippen LogP contribution in [-0.2, 0) is 15.5 Å². The van der Waals surface area contributed by atoms with Crippen molar-refractivity contribution in [2.45, 2.75) is 38.4 Å². The van der Waals surface area contributed by atoms with Crippen molar-refractivity contribution in [3.05, 3.63) is 0 Å². The van der Waals surface area contributed by atoms with Gasteiger partial charge in [0.2, 0.25) is 0 Å². The average molecular weight is 315 g/mol. The molecule has 2 atom stereocenters. The van der Waals surface area contributed by atoms with E-state index in [-0.39, 0.29) is 4.75 Å². The van der Waals surface area contributed by atoms with Crippen molar-refractivity contribution < 1.29 is 8.95 Å². The number of nitrogens with one attached hydrogen (secondary N) is 1. The Morgan fingerprint density at radius 1 is 1.43 bits per heavy atom. The molecule has 0 radical (unpaired) electrons. The Morgan fingerprint density at radius 3 is 2.76 bits per heavy atom. The zero-order valence-corrected chi connectivity index (χ0v) is 14.6. The summed E-state index contributed by atoms with van der Waals surface area (Å²) in [4.78, 5) is 6.69. The largest absolute Gasteiger partial charge is 0.381 e. The molecule has 0 bridgehead atoms. The highest BCUT2D eigenvalue weighted by Crippen LogP contribution is 2.38. The van der Waals surface area contributed by atoms with Gasteiger partial charge in [-0.2, -0.15) is 0 Å². The van der Waals surface area contributed by atoms with Crippen LogP contribution in [0.1, 0.15) is 33.6 Å². The van der Waals surface area contributed by atoms with E-state index in [1.807, 2.05) is 27.8 Å². The fourth-order valence-electron chi connectivity index (χ4n) is 2.98. The van der Waals surface area contributed by atoms with Crippen LogP contribution in [0.2, 0.25) is 0 Å². The molecule has 1 N–H and O–H groups in total. The van der Waals surface area contributed by atoms with E-state index in [4.69, 9.17) is 4.74 Å². The van der Waals surface area contributed by atoms with Crippen LogP contribution in [0.25, 0.3) is 0 Å². The molecule has 5 nitrogen and oxygen atoms in total. The molecular weight excluding hydrogens is 286 g/mol. The Morgan fingerprint density at radius 2 is 2.19 bits per heavy atom. The molecule has 2 heterocycles. The lowest BCUT2D eigenvalue weighted by Crippen LogP contribution is -2.43. The van der Waals surface area contributed by atoms with Crippen molar-refractivity contribution in [2.24, 2.45) is 10.4 Å². The molecule has 122 valence electrons. The van der Waals surface area contributed by atoms with E-state index >= 15 is 0 Å². The number of rotatable bonds is 3. The first kappa shape index (κ1) is 16.7. The highest BCUT2D eigenvalue weighted by atomic mass is 32.2. The summed E-state index contributed by atoms with van der Waals surface area (Å²) in [6, 6.07) is 0. The molecule has 2 aliphatic rings. The summed E-state index contributed by atoms with van der Waals surface area (Å²) in [7, 11) is 0.997. The highest BCUT2D eigenvalue weighted by Gasteiger charge is 2.42. The third-order valence-corrected chi connectivity index (χ3v) is 6.33. The summed E-state index contributed by atoms with van der Waals surface area (Å²) in [5, 5.41) is 3.36. The zero-order chi connectivity index (χ0) is 15.5. The van der Waals surface area contributed by atoms with Crippen molar-refractivity contribution in [1.29, 1.82) is 0 Å². The molecule has 2 fully saturated rings. The maximum Gasteiger partial charge on any atom is 0.193 e. The first-order valence-electron chi connectivity index (χ1n) is 7.78.